The Bertz CT molecular complexity index is 1220. The number of hydrogen-bond acceptors (Lipinski definition) is 7. The van der Waals surface area contributed by atoms with Gasteiger partial charge in [0, 0.05) is 41.9 Å². The minimum absolute atomic E-state index is 0.218. The van der Waals surface area contributed by atoms with Gasteiger partial charge in [-0.2, -0.15) is 0 Å². The summed E-state index contributed by atoms with van der Waals surface area (Å²) < 4.78 is 21.6. The van der Waals surface area contributed by atoms with Crippen molar-refractivity contribution in [1.82, 2.24) is 10.3 Å². The van der Waals surface area contributed by atoms with Crippen LogP contribution in [-0.2, 0) is 11.2 Å². The van der Waals surface area contributed by atoms with E-state index in [0.29, 0.717) is 60.2 Å². The maximum atomic E-state index is 12.5. The van der Waals surface area contributed by atoms with Crippen LogP contribution in [0.25, 0.3) is 0 Å². The van der Waals surface area contributed by atoms with Crippen LogP contribution < -0.4 is 19.5 Å². The lowest BCUT2D eigenvalue weighted by Gasteiger charge is -2.25. The number of amides is 1. The van der Waals surface area contributed by atoms with Crippen LogP contribution in [0.3, 0.4) is 0 Å². The lowest BCUT2D eigenvalue weighted by molar-refractivity contribution is 0.0326. The number of benzene rings is 2. The number of rotatable bonds is 8. The van der Waals surface area contributed by atoms with Crippen molar-refractivity contribution in [2.75, 3.05) is 20.3 Å². The molecule has 1 atom stereocenters. The third kappa shape index (κ3) is 5.93. The van der Waals surface area contributed by atoms with E-state index in [1.165, 1.54) is 0 Å². The quantitative estimate of drug-likeness (QED) is 0.415. The monoisotopic (exact) mass is 498 g/mol. The van der Waals surface area contributed by atoms with Crippen LogP contribution in [0.5, 0.6) is 23.1 Å². The number of nitrogens with zero attached hydrogens (tertiary/aromatic N) is 1. The number of hydrogen-bond donors (Lipinski definition) is 2. The second kappa shape index (κ2) is 11.0. The molecule has 3 aromatic rings. The molecule has 0 fully saturated rings. The molecule has 0 saturated heterocycles. The van der Waals surface area contributed by atoms with Gasteiger partial charge in [-0.1, -0.05) is 17.7 Å². The van der Waals surface area contributed by atoms with Crippen molar-refractivity contribution in [2.45, 2.75) is 18.9 Å². The smallest absolute Gasteiger partial charge is 0.493 e. The van der Waals surface area contributed by atoms with Crippen molar-refractivity contribution < 1.29 is 33.6 Å². The van der Waals surface area contributed by atoms with Gasteiger partial charge in [0.1, 0.15) is 23.4 Å². The molecule has 35 heavy (non-hydrogen) atoms. The minimum Gasteiger partial charge on any atom is -0.493 e. The van der Waals surface area contributed by atoms with Gasteiger partial charge in [0.05, 0.1) is 18.7 Å². The first-order valence-corrected chi connectivity index (χ1v) is 11.2. The van der Waals surface area contributed by atoms with E-state index in [4.69, 9.17) is 35.7 Å². The van der Waals surface area contributed by atoms with Crippen LogP contribution in [0.1, 0.15) is 34.0 Å². The number of fused-ring (bicyclic) bond motifs is 1. The molecular weight excluding hydrogens is 476 g/mol. The highest BCUT2D eigenvalue weighted by atomic mass is 35.5. The molecule has 0 saturated carbocycles. The number of pyridine rings is 1. The van der Waals surface area contributed by atoms with Crippen LogP contribution in [0.4, 0.5) is 4.79 Å². The molecule has 1 amide bonds. The molecule has 9 nitrogen and oxygen atoms in total. The van der Waals surface area contributed by atoms with Gasteiger partial charge in [0.15, 0.2) is 0 Å². The van der Waals surface area contributed by atoms with Gasteiger partial charge in [0.2, 0.25) is 5.88 Å². The van der Waals surface area contributed by atoms with E-state index in [2.05, 4.69) is 10.3 Å². The van der Waals surface area contributed by atoms with E-state index in [-0.39, 0.29) is 10.9 Å². The summed E-state index contributed by atoms with van der Waals surface area (Å²) >= 11 is 6.36. The van der Waals surface area contributed by atoms with Crippen LogP contribution in [0, 0.1) is 0 Å². The number of ether oxygens (including phenoxy) is 4. The molecule has 4 rings (SSSR count). The molecule has 0 radical (unpaired) electrons. The van der Waals surface area contributed by atoms with Gasteiger partial charge in [-0.25, -0.2) is 9.78 Å². The highest BCUT2D eigenvalue weighted by molar-refractivity contribution is 6.32. The Hall–Kier alpha value is -3.98. The van der Waals surface area contributed by atoms with Crippen LogP contribution in [-0.4, -0.2) is 42.4 Å². The Morgan fingerprint density at radius 3 is 2.77 bits per heavy atom. The summed E-state index contributed by atoms with van der Waals surface area (Å²) in [5.41, 5.74) is 1.93. The zero-order chi connectivity index (χ0) is 24.8. The highest BCUT2D eigenvalue weighted by Gasteiger charge is 2.27. The van der Waals surface area contributed by atoms with Gasteiger partial charge in [0.25, 0.3) is 5.91 Å². The van der Waals surface area contributed by atoms with Crippen molar-refractivity contribution in [3.8, 4) is 23.1 Å². The molecule has 1 aromatic heterocycles. The molecule has 1 unspecified atom stereocenters. The average molecular weight is 499 g/mol. The predicted molar refractivity (Wildman–Crippen MR) is 127 cm³/mol. The average Bonchev–Trinajstić information content (AvgIpc) is 2.85. The number of carbonyl (C=O) groups is 2. The Kier molecular flexibility index (Phi) is 7.57. The fourth-order valence-electron chi connectivity index (χ4n) is 3.69. The normalized spacial score (nSPS) is 14.3. The van der Waals surface area contributed by atoms with Gasteiger partial charge < -0.3 is 29.4 Å². The third-order valence-electron chi connectivity index (χ3n) is 5.36. The molecular formula is C25H23ClN2O7. The number of nitrogens with one attached hydrogen (secondary N) is 1. The van der Waals surface area contributed by atoms with E-state index in [0.717, 1.165) is 5.56 Å². The molecule has 1 aliphatic heterocycles. The fourth-order valence-corrected chi connectivity index (χ4v) is 3.90. The van der Waals surface area contributed by atoms with E-state index < -0.39 is 12.3 Å². The third-order valence-corrected chi connectivity index (χ3v) is 5.65. The molecule has 1 aliphatic rings. The van der Waals surface area contributed by atoms with Gasteiger partial charge in [-0.15, -0.1) is 0 Å². The van der Waals surface area contributed by atoms with E-state index in [9.17, 15) is 9.59 Å². The lowest BCUT2D eigenvalue weighted by Crippen LogP contribution is -2.25. The van der Waals surface area contributed by atoms with Crippen LogP contribution in [0.2, 0.25) is 5.02 Å². The van der Waals surface area contributed by atoms with Crippen molar-refractivity contribution >= 4 is 23.7 Å². The number of aromatic nitrogens is 1. The molecule has 2 N–H and O–H groups in total. The summed E-state index contributed by atoms with van der Waals surface area (Å²) in [4.78, 5) is 27.6. The van der Waals surface area contributed by atoms with E-state index in [1.807, 2.05) is 12.1 Å². The second-order valence-electron chi connectivity index (χ2n) is 7.63. The molecule has 2 heterocycles. The van der Waals surface area contributed by atoms with Crippen LogP contribution >= 0.6 is 11.6 Å². The maximum absolute atomic E-state index is 12.5. The summed E-state index contributed by atoms with van der Waals surface area (Å²) in [6.45, 7) is 0.736. The minimum atomic E-state index is -1.36. The SMILES string of the molecule is COc1ncccc1CCNC(=O)c1ccc(Oc2cc3c(cc2Cl)C(OC(=O)O)CCO3)cc1. The van der Waals surface area contributed by atoms with Crippen molar-refractivity contribution in [3.63, 3.8) is 0 Å². The van der Waals surface area contributed by atoms with E-state index in [1.54, 1.807) is 49.7 Å². The fraction of sp³-hybridized carbons (Fsp3) is 0.240. The summed E-state index contributed by atoms with van der Waals surface area (Å²) in [6, 6.07) is 13.5. The Morgan fingerprint density at radius 2 is 2.03 bits per heavy atom. The Balaban J connectivity index is 1.37. The van der Waals surface area contributed by atoms with Gasteiger partial charge in [-0.3, -0.25) is 4.79 Å². The molecule has 0 bridgehead atoms. The standard InChI is InChI=1S/C25H23ClN2O7/c1-32-24-16(3-2-10-28-24)8-11-27-23(29)15-4-6-17(7-5-15)34-22-14-21-18(13-19(22)26)20(9-12-33-21)35-25(30)31/h2-7,10,13-14,20H,8-9,11-12H2,1H3,(H,27,29)(H,30,31). The molecule has 2 aromatic carbocycles. The molecule has 10 heteroatoms. The first-order valence-electron chi connectivity index (χ1n) is 10.8. The summed E-state index contributed by atoms with van der Waals surface area (Å²) in [5.74, 6) is 1.58. The summed E-state index contributed by atoms with van der Waals surface area (Å²) in [7, 11) is 1.56. The topological polar surface area (TPSA) is 116 Å². The summed E-state index contributed by atoms with van der Waals surface area (Å²) in [5, 5.41) is 12.1. The highest BCUT2D eigenvalue weighted by Crippen LogP contribution is 2.42. The largest absolute Gasteiger partial charge is 0.506 e. The van der Waals surface area contributed by atoms with Crippen molar-refractivity contribution in [1.29, 1.82) is 0 Å². The van der Waals surface area contributed by atoms with Gasteiger partial charge in [-0.05, 0) is 42.8 Å². The van der Waals surface area contributed by atoms with Crippen molar-refractivity contribution in [2.24, 2.45) is 0 Å². The Labute approximate surface area is 206 Å². The molecule has 0 spiro atoms. The zero-order valence-electron chi connectivity index (χ0n) is 18.8. The predicted octanol–water partition coefficient (Wildman–Crippen LogP) is 5.03. The Morgan fingerprint density at radius 1 is 1.23 bits per heavy atom. The van der Waals surface area contributed by atoms with Gasteiger partial charge >= 0.3 is 6.16 Å². The lowest BCUT2D eigenvalue weighted by atomic mass is 10.0. The zero-order valence-corrected chi connectivity index (χ0v) is 19.6. The molecule has 182 valence electrons. The number of methoxy groups -OCH3 is 1. The molecule has 0 aliphatic carbocycles. The summed E-state index contributed by atoms with van der Waals surface area (Å²) in [6.07, 6.45) is 0.621. The number of halogens is 1. The van der Waals surface area contributed by atoms with Crippen LogP contribution in [0.15, 0.2) is 54.7 Å². The first kappa shape index (κ1) is 24.2. The first-order chi connectivity index (χ1) is 16.9. The number of carboxylic acid groups (broad SMARTS) is 1. The van der Waals surface area contributed by atoms with E-state index >= 15 is 0 Å². The second-order valence-corrected chi connectivity index (χ2v) is 8.04. The maximum Gasteiger partial charge on any atom is 0.506 e. The van der Waals surface area contributed by atoms with Crippen molar-refractivity contribution in [3.05, 3.63) is 76.4 Å². The number of carbonyl (C=O) groups excluding carboxylic acids is 1.